The van der Waals surface area contributed by atoms with Crippen molar-refractivity contribution in [2.75, 3.05) is 13.2 Å². The Bertz CT molecular complexity index is 275. The van der Waals surface area contributed by atoms with Crippen LogP contribution in [0.25, 0.3) is 0 Å². The number of aryl methyl sites for hydroxylation is 1. The predicted octanol–water partition coefficient (Wildman–Crippen LogP) is 1.81. The van der Waals surface area contributed by atoms with Crippen LogP contribution in [-0.4, -0.2) is 23.2 Å². The Labute approximate surface area is 95.6 Å². The maximum Gasteiger partial charge on any atom is 0.0925 e. The summed E-state index contributed by atoms with van der Waals surface area (Å²) in [4.78, 5) is 5.60. The van der Waals surface area contributed by atoms with Gasteiger partial charge in [0.2, 0.25) is 0 Å². The van der Waals surface area contributed by atoms with Gasteiger partial charge >= 0.3 is 0 Å². The normalized spacial score (nSPS) is 13.0. The monoisotopic (exact) mass is 228 g/mol. The zero-order valence-corrected chi connectivity index (χ0v) is 10.3. The van der Waals surface area contributed by atoms with E-state index in [4.69, 9.17) is 5.11 Å². The third-order valence-electron chi connectivity index (χ3n) is 2.32. The second-order valence-corrected chi connectivity index (χ2v) is 5.02. The van der Waals surface area contributed by atoms with E-state index in [9.17, 15) is 0 Å². The molecule has 0 saturated carbocycles. The summed E-state index contributed by atoms with van der Waals surface area (Å²) in [6.07, 6.45) is 3.84. The third kappa shape index (κ3) is 4.73. The molecule has 0 spiro atoms. The molecule has 0 fully saturated rings. The zero-order valence-electron chi connectivity index (χ0n) is 9.49. The summed E-state index contributed by atoms with van der Waals surface area (Å²) in [5.74, 6) is 0.536. The molecule has 1 aromatic rings. The molecule has 1 unspecified atom stereocenters. The van der Waals surface area contributed by atoms with E-state index in [0.717, 1.165) is 25.9 Å². The van der Waals surface area contributed by atoms with E-state index in [1.807, 2.05) is 6.20 Å². The number of nitrogens with zero attached hydrogens (tertiary/aromatic N) is 1. The highest BCUT2D eigenvalue weighted by Gasteiger charge is 2.02. The fraction of sp³-hybridized carbons (Fsp3) is 0.727. The van der Waals surface area contributed by atoms with Crippen molar-refractivity contribution < 1.29 is 5.11 Å². The van der Waals surface area contributed by atoms with Gasteiger partial charge in [0.15, 0.2) is 0 Å². The first-order chi connectivity index (χ1) is 7.26. The van der Waals surface area contributed by atoms with Crippen LogP contribution in [0.3, 0.4) is 0 Å². The minimum atomic E-state index is 0.281. The van der Waals surface area contributed by atoms with E-state index in [2.05, 4.69) is 24.1 Å². The first kappa shape index (κ1) is 12.6. The summed E-state index contributed by atoms with van der Waals surface area (Å²) in [5.41, 5.74) is 0. The lowest BCUT2D eigenvalue weighted by atomic mass is 10.1. The van der Waals surface area contributed by atoms with Crippen LogP contribution in [0.2, 0.25) is 0 Å². The molecule has 0 amide bonds. The number of thiazole rings is 1. The molecule has 1 heterocycles. The lowest BCUT2D eigenvalue weighted by Gasteiger charge is -2.09. The van der Waals surface area contributed by atoms with Gasteiger partial charge in [-0.15, -0.1) is 11.3 Å². The molecule has 0 saturated heterocycles. The number of aliphatic hydroxyl groups excluding tert-OH is 1. The zero-order chi connectivity index (χ0) is 11.1. The Kier molecular flexibility index (Phi) is 5.83. The molecule has 1 rings (SSSR count). The maximum atomic E-state index is 8.75. The standard InChI is InChI=1S/C11H20N2OS/c1-3-11-13-8-10(15-11)7-12-6-9(2)4-5-14/h8-9,12,14H,3-7H2,1-2H3. The van der Waals surface area contributed by atoms with Gasteiger partial charge in [0, 0.05) is 24.2 Å². The Morgan fingerprint density at radius 2 is 2.40 bits per heavy atom. The minimum absolute atomic E-state index is 0.281. The van der Waals surface area contributed by atoms with Crippen LogP contribution in [-0.2, 0) is 13.0 Å². The van der Waals surface area contributed by atoms with Crippen LogP contribution < -0.4 is 5.32 Å². The lowest BCUT2D eigenvalue weighted by molar-refractivity contribution is 0.260. The van der Waals surface area contributed by atoms with Crippen molar-refractivity contribution in [3.63, 3.8) is 0 Å². The summed E-state index contributed by atoms with van der Waals surface area (Å²) in [5, 5.41) is 13.3. The van der Waals surface area contributed by atoms with E-state index < -0.39 is 0 Å². The molecule has 0 aliphatic rings. The minimum Gasteiger partial charge on any atom is -0.396 e. The van der Waals surface area contributed by atoms with Crippen molar-refractivity contribution in [1.82, 2.24) is 10.3 Å². The van der Waals surface area contributed by atoms with E-state index in [0.29, 0.717) is 5.92 Å². The average molecular weight is 228 g/mol. The van der Waals surface area contributed by atoms with Gasteiger partial charge in [-0.3, -0.25) is 0 Å². The number of hydrogen-bond acceptors (Lipinski definition) is 4. The Morgan fingerprint density at radius 1 is 1.60 bits per heavy atom. The van der Waals surface area contributed by atoms with Crippen LogP contribution in [0, 0.1) is 5.92 Å². The summed E-state index contributed by atoms with van der Waals surface area (Å²) in [7, 11) is 0. The molecular weight excluding hydrogens is 208 g/mol. The van der Waals surface area contributed by atoms with Crippen LogP contribution in [0.4, 0.5) is 0 Å². The van der Waals surface area contributed by atoms with Gasteiger partial charge in [0.25, 0.3) is 0 Å². The summed E-state index contributed by atoms with van der Waals surface area (Å²) >= 11 is 1.77. The molecule has 4 heteroatoms. The number of hydrogen-bond donors (Lipinski definition) is 2. The van der Waals surface area contributed by atoms with Gasteiger partial charge < -0.3 is 10.4 Å². The molecule has 86 valence electrons. The molecule has 15 heavy (non-hydrogen) atoms. The average Bonchev–Trinajstić information content (AvgIpc) is 2.66. The fourth-order valence-corrected chi connectivity index (χ4v) is 2.19. The van der Waals surface area contributed by atoms with Crippen molar-refractivity contribution in [2.45, 2.75) is 33.2 Å². The largest absolute Gasteiger partial charge is 0.396 e. The topological polar surface area (TPSA) is 45.2 Å². The third-order valence-corrected chi connectivity index (χ3v) is 3.46. The van der Waals surface area contributed by atoms with Crippen molar-refractivity contribution in [2.24, 2.45) is 5.92 Å². The molecular formula is C11H20N2OS. The fourth-order valence-electron chi connectivity index (χ4n) is 1.36. The van der Waals surface area contributed by atoms with Crippen LogP contribution in [0.5, 0.6) is 0 Å². The van der Waals surface area contributed by atoms with E-state index in [1.165, 1.54) is 9.88 Å². The van der Waals surface area contributed by atoms with Crippen molar-refractivity contribution in [3.05, 3.63) is 16.1 Å². The van der Waals surface area contributed by atoms with Gasteiger partial charge in [0.1, 0.15) is 0 Å². The van der Waals surface area contributed by atoms with Crippen LogP contribution in [0.15, 0.2) is 6.20 Å². The van der Waals surface area contributed by atoms with Crippen LogP contribution in [0.1, 0.15) is 30.2 Å². The second kappa shape index (κ2) is 6.93. The van der Waals surface area contributed by atoms with Gasteiger partial charge in [-0.2, -0.15) is 0 Å². The molecule has 0 aliphatic heterocycles. The second-order valence-electron chi connectivity index (χ2n) is 3.82. The first-order valence-corrected chi connectivity index (χ1v) is 6.33. The molecule has 0 aromatic carbocycles. The molecule has 1 atom stereocenters. The van der Waals surface area contributed by atoms with Gasteiger partial charge in [-0.25, -0.2) is 4.98 Å². The molecule has 2 N–H and O–H groups in total. The molecule has 0 bridgehead atoms. The number of nitrogens with one attached hydrogen (secondary N) is 1. The molecule has 0 aliphatic carbocycles. The van der Waals surface area contributed by atoms with Crippen LogP contribution >= 0.6 is 11.3 Å². The Morgan fingerprint density at radius 3 is 3.00 bits per heavy atom. The number of aliphatic hydroxyl groups is 1. The SMILES string of the molecule is CCc1ncc(CNCC(C)CCO)s1. The summed E-state index contributed by atoms with van der Waals surface area (Å²) in [6, 6.07) is 0. The highest BCUT2D eigenvalue weighted by atomic mass is 32.1. The van der Waals surface area contributed by atoms with Gasteiger partial charge in [-0.05, 0) is 25.3 Å². The smallest absolute Gasteiger partial charge is 0.0925 e. The Balaban J connectivity index is 2.19. The number of aromatic nitrogens is 1. The van der Waals surface area contributed by atoms with Crippen molar-refractivity contribution in [3.8, 4) is 0 Å². The van der Waals surface area contributed by atoms with E-state index in [-0.39, 0.29) is 6.61 Å². The first-order valence-electron chi connectivity index (χ1n) is 5.51. The lowest BCUT2D eigenvalue weighted by Crippen LogP contribution is -2.20. The predicted molar refractivity (Wildman–Crippen MR) is 64.1 cm³/mol. The van der Waals surface area contributed by atoms with Crippen molar-refractivity contribution >= 4 is 11.3 Å². The highest BCUT2D eigenvalue weighted by Crippen LogP contribution is 2.12. The molecule has 1 aromatic heterocycles. The Hall–Kier alpha value is -0.450. The summed E-state index contributed by atoms with van der Waals surface area (Å²) < 4.78 is 0. The highest BCUT2D eigenvalue weighted by molar-refractivity contribution is 7.11. The number of rotatable bonds is 7. The van der Waals surface area contributed by atoms with Crippen molar-refractivity contribution in [1.29, 1.82) is 0 Å². The molecule has 3 nitrogen and oxygen atoms in total. The molecule has 0 radical (unpaired) electrons. The van der Waals surface area contributed by atoms with Gasteiger partial charge in [-0.1, -0.05) is 13.8 Å². The van der Waals surface area contributed by atoms with E-state index in [1.54, 1.807) is 11.3 Å². The van der Waals surface area contributed by atoms with Gasteiger partial charge in [0.05, 0.1) is 5.01 Å². The van der Waals surface area contributed by atoms with E-state index >= 15 is 0 Å². The maximum absolute atomic E-state index is 8.75. The quantitative estimate of drug-likeness (QED) is 0.748. The summed E-state index contributed by atoms with van der Waals surface area (Å²) in [6.45, 7) is 6.41.